The first kappa shape index (κ1) is 21.8. The molecule has 1 aliphatic rings. The van der Waals surface area contributed by atoms with Crippen LogP contribution in [-0.4, -0.2) is 33.0 Å². The average Bonchev–Trinajstić information content (AvgIpc) is 3.01. The van der Waals surface area contributed by atoms with Crippen LogP contribution in [0, 0.1) is 0 Å². The molecule has 1 amide bonds. The quantitative estimate of drug-likeness (QED) is 0.294. The molecule has 0 radical (unpaired) electrons. The zero-order valence-electron chi connectivity index (χ0n) is 18.2. The number of carbonyl (C=O) groups is 1. The fourth-order valence-corrected chi connectivity index (χ4v) is 5.97. The van der Waals surface area contributed by atoms with Crippen LogP contribution in [-0.2, 0) is 4.79 Å². The summed E-state index contributed by atoms with van der Waals surface area (Å²) in [5.41, 5.74) is 2.20. The van der Waals surface area contributed by atoms with E-state index in [1.807, 2.05) is 83.4 Å². The Morgan fingerprint density at radius 1 is 1.03 bits per heavy atom. The van der Waals surface area contributed by atoms with Gasteiger partial charge in [-0.15, -0.1) is 11.8 Å². The average molecular weight is 474 g/mol. The molecule has 7 heteroatoms. The number of thioether (sulfide) groups is 2. The predicted molar refractivity (Wildman–Crippen MR) is 137 cm³/mol. The number of fused-ring (bicyclic) bond motifs is 2. The van der Waals surface area contributed by atoms with Gasteiger partial charge in [0, 0.05) is 16.7 Å². The van der Waals surface area contributed by atoms with Gasteiger partial charge in [-0.2, -0.15) is 0 Å². The molecule has 0 unspecified atom stereocenters. The van der Waals surface area contributed by atoms with Crippen molar-refractivity contribution >= 4 is 46.0 Å². The summed E-state index contributed by atoms with van der Waals surface area (Å²) >= 11 is 3.12. The highest BCUT2D eigenvalue weighted by Gasteiger charge is 2.25. The van der Waals surface area contributed by atoms with Crippen molar-refractivity contribution in [1.82, 2.24) is 9.55 Å². The number of amides is 1. The summed E-state index contributed by atoms with van der Waals surface area (Å²) in [4.78, 5) is 34.5. The molecule has 33 heavy (non-hydrogen) atoms. The molecule has 166 valence electrons. The van der Waals surface area contributed by atoms with Crippen molar-refractivity contribution in [3.63, 3.8) is 0 Å². The fourth-order valence-electron chi connectivity index (χ4n) is 3.96. The molecule has 3 aromatic carbocycles. The molecule has 0 bridgehead atoms. The van der Waals surface area contributed by atoms with Gasteiger partial charge in [-0.1, -0.05) is 61.2 Å². The number of hydrogen-bond donors (Lipinski definition) is 0. The van der Waals surface area contributed by atoms with Crippen LogP contribution in [0.1, 0.15) is 13.3 Å². The first-order valence-electron chi connectivity index (χ1n) is 10.9. The van der Waals surface area contributed by atoms with Gasteiger partial charge in [0.15, 0.2) is 5.16 Å². The van der Waals surface area contributed by atoms with Crippen LogP contribution < -0.4 is 10.5 Å². The molecule has 1 aliphatic heterocycles. The van der Waals surface area contributed by atoms with Crippen molar-refractivity contribution in [3.8, 4) is 5.69 Å². The van der Waals surface area contributed by atoms with Crippen LogP contribution in [0.5, 0.6) is 0 Å². The van der Waals surface area contributed by atoms with Gasteiger partial charge in [0.1, 0.15) is 0 Å². The van der Waals surface area contributed by atoms with Gasteiger partial charge in [0.05, 0.1) is 28.0 Å². The lowest BCUT2D eigenvalue weighted by atomic mass is 10.2. The predicted octanol–water partition coefficient (Wildman–Crippen LogP) is 5.40. The van der Waals surface area contributed by atoms with Crippen LogP contribution >= 0.6 is 23.5 Å². The molecule has 5 rings (SSSR count). The minimum absolute atomic E-state index is 0.0177. The number of aromatic nitrogens is 2. The standard InChI is InChI=1S/C26H23N3O2S2/c1-18-15-16-28(22-13-7-8-14-23(22)33-18)24(30)17-32-26-27-21-12-6-5-11-20(21)25(31)29(26)19-9-3-2-4-10-19/h2-14,18H,15-17H2,1H3/t18-/m0/s1. The second-order valence-electron chi connectivity index (χ2n) is 7.91. The van der Waals surface area contributed by atoms with E-state index in [2.05, 4.69) is 13.0 Å². The Labute approximate surface area is 200 Å². The lowest BCUT2D eigenvalue weighted by Crippen LogP contribution is -2.34. The maximum atomic E-state index is 13.4. The Morgan fingerprint density at radius 3 is 2.61 bits per heavy atom. The lowest BCUT2D eigenvalue weighted by Gasteiger charge is -2.22. The lowest BCUT2D eigenvalue weighted by molar-refractivity contribution is -0.116. The Bertz CT molecular complexity index is 1370. The third-order valence-electron chi connectivity index (χ3n) is 5.63. The number of rotatable bonds is 4. The Balaban J connectivity index is 1.49. The van der Waals surface area contributed by atoms with Crippen LogP contribution in [0.4, 0.5) is 5.69 Å². The highest BCUT2D eigenvalue weighted by Crippen LogP contribution is 2.37. The van der Waals surface area contributed by atoms with Crippen molar-refractivity contribution in [1.29, 1.82) is 0 Å². The number of carbonyl (C=O) groups excluding carboxylic acids is 1. The van der Waals surface area contributed by atoms with Crippen molar-refractivity contribution in [3.05, 3.63) is 89.2 Å². The van der Waals surface area contributed by atoms with E-state index in [1.54, 1.807) is 10.6 Å². The van der Waals surface area contributed by atoms with Crippen molar-refractivity contribution < 1.29 is 4.79 Å². The fraction of sp³-hybridized carbons (Fsp3) is 0.192. The number of hydrogen-bond acceptors (Lipinski definition) is 5. The smallest absolute Gasteiger partial charge is 0.266 e. The second kappa shape index (κ2) is 9.45. The van der Waals surface area contributed by atoms with Gasteiger partial charge >= 0.3 is 0 Å². The summed E-state index contributed by atoms with van der Waals surface area (Å²) in [6, 6.07) is 24.9. The molecule has 2 heterocycles. The summed E-state index contributed by atoms with van der Waals surface area (Å²) in [6.45, 7) is 2.88. The molecule has 0 fully saturated rings. The van der Waals surface area contributed by atoms with Crippen LogP contribution in [0.2, 0.25) is 0 Å². The molecule has 0 saturated heterocycles. The first-order valence-corrected chi connectivity index (χ1v) is 12.7. The first-order chi connectivity index (χ1) is 16.1. The van der Waals surface area contributed by atoms with E-state index in [-0.39, 0.29) is 17.2 Å². The minimum Gasteiger partial charge on any atom is -0.311 e. The van der Waals surface area contributed by atoms with Crippen molar-refractivity contribution in [2.24, 2.45) is 0 Å². The summed E-state index contributed by atoms with van der Waals surface area (Å²) in [6.07, 6.45) is 0.929. The van der Waals surface area contributed by atoms with Gasteiger partial charge in [-0.05, 0) is 42.8 Å². The second-order valence-corrected chi connectivity index (χ2v) is 10.3. The van der Waals surface area contributed by atoms with Gasteiger partial charge in [-0.3, -0.25) is 14.2 Å². The van der Waals surface area contributed by atoms with Gasteiger partial charge in [-0.25, -0.2) is 4.98 Å². The third-order valence-corrected chi connectivity index (χ3v) is 7.79. The van der Waals surface area contributed by atoms with Crippen LogP contribution in [0.25, 0.3) is 16.6 Å². The molecule has 1 atom stereocenters. The molecular weight excluding hydrogens is 450 g/mol. The molecular formula is C26H23N3O2S2. The highest BCUT2D eigenvalue weighted by molar-refractivity contribution is 8.00. The molecule has 5 nitrogen and oxygen atoms in total. The SMILES string of the molecule is C[C@H]1CCN(C(=O)CSc2nc3ccccc3c(=O)n2-c2ccccc2)c2ccccc2S1. The van der Waals surface area contributed by atoms with E-state index in [9.17, 15) is 9.59 Å². The summed E-state index contributed by atoms with van der Waals surface area (Å²) in [5, 5.41) is 1.52. The van der Waals surface area contributed by atoms with Crippen molar-refractivity contribution in [2.75, 3.05) is 17.2 Å². The zero-order valence-corrected chi connectivity index (χ0v) is 19.8. The Hall–Kier alpha value is -3.03. The van der Waals surface area contributed by atoms with Gasteiger partial charge in [0.25, 0.3) is 5.56 Å². The van der Waals surface area contributed by atoms with E-state index in [0.29, 0.717) is 27.9 Å². The topological polar surface area (TPSA) is 55.2 Å². The molecule has 0 spiro atoms. The Morgan fingerprint density at radius 2 is 1.76 bits per heavy atom. The highest BCUT2D eigenvalue weighted by atomic mass is 32.2. The molecule has 0 N–H and O–H groups in total. The number of anilines is 1. The summed E-state index contributed by atoms with van der Waals surface area (Å²) < 4.78 is 1.61. The molecule has 0 aliphatic carbocycles. The number of benzene rings is 3. The maximum absolute atomic E-state index is 13.4. The van der Waals surface area contributed by atoms with E-state index >= 15 is 0 Å². The normalized spacial score (nSPS) is 15.8. The largest absolute Gasteiger partial charge is 0.311 e. The zero-order chi connectivity index (χ0) is 22.8. The van der Waals surface area contributed by atoms with Gasteiger partial charge in [0.2, 0.25) is 5.91 Å². The van der Waals surface area contributed by atoms with E-state index in [0.717, 1.165) is 22.7 Å². The number of nitrogens with zero attached hydrogens (tertiary/aromatic N) is 3. The maximum Gasteiger partial charge on any atom is 0.266 e. The minimum atomic E-state index is -0.132. The van der Waals surface area contributed by atoms with Crippen LogP contribution in [0.3, 0.4) is 0 Å². The number of para-hydroxylation sites is 3. The van der Waals surface area contributed by atoms with E-state index in [1.165, 1.54) is 11.8 Å². The van der Waals surface area contributed by atoms with E-state index < -0.39 is 0 Å². The van der Waals surface area contributed by atoms with Crippen LogP contribution in [0.15, 0.2) is 93.7 Å². The monoisotopic (exact) mass is 473 g/mol. The third kappa shape index (κ3) is 4.43. The van der Waals surface area contributed by atoms with E-state index in [4.69, 9.17) is 4.98 Å². The molecule has 0 saturated carbocycles. The Kier molecular flexibility index (Phi) is 6.24. The van der Waals surface area contributed by atoms with Gasteiger partial charge < -0.3 is 4.90 Å². The van der Waals surface area contributed by atoms with Crippen molar-refractivity contribution in [2.45, 2.75) is 28.6 Å². The summed E-state index contributed by atoms with van der Waals surface area (Å²) in [5.74, 6) is 0.217. The molecule has 4 aromatic rings. The summed E-state index contributed by atoms with van der Waals surface area (Å²) in [7, 11) is 0. The molecule has 1 aromatic heterocycles.